The highest BCUT2D eigenvalue weighted by Crippen LogP contribution is 2.39. The molecular weight excluding hydrogens is 300 g/mol. The lowest BCUT2D eigenvalue weighted by molar-refractivity contribution is 0.174. The first-order chi connectivity index (χ1) is 9.69. The molecule has 0 atom stereocenters. The molecule has 2 heterocycles. The number of hydrogen-bond acceptors (Lipinski definition) is 5. The van der Waals surface area contributed by atoms with Gasteiger partial charge in [-0.05, 0) is 29.9 Å². The number of nitrogens with one attached hydrogen (secondary N) is 1. The highest BCUT2D eigenvalue weighted by atomic mass is 35.5. The number of halogens is 1. The van der Waals surface area contributed by atoms with Crippen molar-refractivity contribution in [2.24, 2.45) is 5.10 Å². The first kappa shape index (κ1) is 13.1. The molecule has 6 nitrogen and oxygen atoms in total. The highest BCUT2D eigenvalue weighted by molar-refractivity contribution is 7.71. The van der Waals surface area contributed by atoms with Gasteiger partial charge in [0.2, 0.25) is 11.6 Å². The number of fused-ring (bicyclic) bond motifs is 1. The maximum absolute atomic E-state index is 6.11. The zero-order chi connectivity index (χ0) is 14.1. The molecule has 1 aromatic carbocycles. The Labute approximate surface area is 125 Å². The van der Waals surface area contributed by atoms with Crippen molar-refractivity contribution >= 4 is 30.0 Å². The standard InChI is InChI=1S/C12H11ClN4O2S/c1-2-10-15-16-12(20)17(10)14-5-7-3-8(13)11-9(4-7)18-6-19-11/h3-5H,2,6H2,1H3,(H,16,20)/b14-5-. The van der Waals surface area contributed by atoms with Crippen LogP contribution in [0, 0.1) is 4.77 Å². The fourth-order valence-corrected chi connectivity index (χ4v) is 2.33. The zero-order valence-corrected chi connectivity index (χ0v) is 12.2. The van der Waals surface area contributed by atoms with E-state index in [9.17, 15) is 0 Å². The molecule has 0 aliphatic carbocycles. The lowest BCUT2D eigenvalue weighted by Gasteiger charge is -2.01. The summed E-state index contributed by atoms with van der Waals surface area (Å²) in [6, 6.07) is 3.57. The van der Waals surface area contributed by atoms with Crippen LogP contribution in [-0.4, -0.2) is 27.9 Å². The van der Waals surface area contributed by atoms with Crippen molar-refractivity contribution < 1.29 is 9.47 Å². The molecule has 1 aliphatic heterocycles. The molecule has 1 N–H and O–H groups in total. The second-order valence-corrected chi connectivity index (χ2v) is 4.89. The summed E-state index contributed by atoms with van der Waals surface area (Å²) in [6.07, 6.45) is 2.38. The Balaban J connectivity index is 1.95. The fraction of sp³-hybridized carbons (Fsp3) is 0.250. The van der Waals surface area contributed by atoms with Crippen LogP contribution in [0.3, 0.4) is 0 Å². The molecule has 20 heavy (non-hydrogen) atoms. The number of benzene rings is 1. The summed E-state index contributed by atoms with van der Waals surface area (Å²) in [7, 11) is 0. The van der Waals surface area contributed by atoms with Crippen LogP contribution in [0.5, 0.6) is 11.5 Å². The molecule has 1 aromatic heterocycles. The molecule has 0 saturated heterocycles. The lowest BCUT2D eigenvalue weighted by Crippen LogP contribution is -1.97. The maximum Gasteiger partial charge on any atom is 0.231 e. The van der Waals surface area contributed by atoms with Crippen LogP contribution < -0.4 is 9.47 Å². The smallest absolute Gasteiger partial charge is 0.231 e. The average Bonchev–Trinajstić information content (AvgIpc) is 3.03. The predicted molar refractivity (Wildman–Crippen MR) is 77.4 cm³/mol. The molecule has 0 fully saturated rings. The molecule has 1 aliphatic rings. The minimum absolute atomic E-state index is 0.183. The molecule has 0 unspecified atom stereocenters. The van der Waals surface area contributed by atoms with E-state index < -0.39 is 0 Å². The first-order valence-electron chi connectivity index (χ1n) is 5.99. The van der Waals surface area contributed by atoms with Crippen LogP contribution in [-0.2, 0) is 6.42 Å². The highest BCUT2D eigenvalue weighted by Gasteiger charge is 2.17. The zero-order valence-electron chi connectivity index (χ0n) is 10.6. The van der Waals surface area contributed by atoms with Gasteiger partial charge in [-0.1, -0.05) is 18.5 Å². The average molecular weight is 311 g/mol. The third kappa shape index (κ3) is 2.30. The van der Waals surface area contributed by atoms with Gasteiger partial charge in [0.25, 0.3) is 0 Å². The predicted octanol–water partition coefficient (Wildman–Crippen LogP) is 2.77. The molecule has 0 radical (unpaired) electrons. The van der Waals surface area contributed by atoms with E-state index in [1.807, 2.05) is 13.0 Å². The second-order valence-electron chi connectivity index (χ2n) is 4.09. The van der Waals surface area contributed by atoms with E-state index in [1.54, 1.807) is 17.0 Å². The van der Waals surface area contributed by atoms with Gasteiger partial charge < -0.3 is 9.47 Å². The summed E-state index contributed by atoms with van der Waals surface area (Å²) >= 11 is 11.2. The van der Waals surface area contributed by atoms with Crippen molar-refractivity contribution in [1.82, 2.24) is 14.9 Å². The van der Waals surface area contributed by atoms with Crippen molar-refractivity contribution in [1.29, 1.82) is 0 Å². The maximum atomic E-state index is 6.11. The van der Waals surface area contributed by atoms with E-state index in [1.165, 1.54) is 0 Å². The number of ether oxygens (including phenoxy) is 2. The monoisotopic (exact) mass is 310 g/mol. The van der Waals surface area contributed by atoms with Crippen LogP contribution in [0.1, 0.15) is 18.3 Å². The Kier molecular flexibility index (Phi) is 3.45. The quantitative estimate of drug-likeness (QED) is 0.699. The fourth-order valence-electron chi connectivity index (χ4n) is 1.86. The van der Waals surface area contributed by atoms with Gasteiger partial charge in [0.15, 0.2) is 17.3 Å². The summed E-state index contributed by atoms with van der Waals surface area (Å²) < 4.78 is 12.6. The van der Waals surface area contributed by atoms with Gasteiger partial charge in [0.1, 0.15) is 0 Å². The molecule has 3 rings (SSSR count). The normalized spacial score (nSPS) is 13.3. The number of H-pyrrole nitrogens is 1. The molecule has 0 amide bonds. The van der Waals surface area contributed by atoms with E-state index in [2.05, 4.69) is 15.3 Å². The summed E-state index contributed by atoms with van der Waals surface area (Å²) in [5.41, 5.74) is 0.796. The Hall–Kier alpha value is -1.86. The van der Waals surface area contributed by atoms with Crippen LogP contribution in [0.15, 0.2) is 17.2 Å². The summed E-state index contributed by atoms with van der Waals surface area (Å²) in [5, 5.41) is 11.6. The summed E-state index contributed by atoms with van der Waals surface area (Å²) in [4.78, 5) is 0. The van der Waals surface area contributed by atoms with Crippen LogP contribution >= 0.6 is 23.8 Å². The van der Waals surface area contributed by atoms with Crippen LogP contribution in [0.2, 0.25) is 5.02 Å². The Morgan fingerprint density at radius 2 is 2.40 bits per heavy atom. The topological polar surface area (TPSA) is 64.4 Å². The number of aromatic nitrogens is 3. The van der Waals surface area contributed by atoms with E-state index in [-0.39, 0.29) is 6.79 Å². The largest absolute Gasteiger partial charge is 0.454 e. The van der Waals surface area contributed by atoms with Gasteiger partial charge in [-0.2, -0.15) is 14.9 Å². The molecule has 2 aromatic rings. The summed E-state index contributed by atoms with van der Waals surface area (Å²) in [6.45, 7) is 2.16. The molecule has 104 valence electrons. The number of aromatic amines is 1. The van der Waals surface area contributed by atoms with Gasteiger partial charge in [-0.3, -0.25) is 5.10 Å². The molecule has 0 saturated carbocycles. The first-order valence-corrected chi connectivity index (χ1v) is 6.77. The van der Waals surface area contributed by atoms with Crippen molar-refractivity contribution in [3.8, 4) is 11.5 Å². The number of hydrogen-bond donors (Lipinski definition) is 1. The number of aryl methyl sites for hydroxylation is 1. The van der Waals surface area contributed by atoms with E-state index in [0.717, 1.165) is 17.8 Å². The third-order valence-electron chi connectivity index (χ3n) is 2.81. The minimum atomic E-state index is 0.183. The number of nitrogens with zero attached hydrogens (tertiary/aromatic N) is 3. The van der Waals surface area contributed by atoms with Gasteiger partial charge in [-0.25, -0.2) is 0 Å². The lowest BCUT2D eigenvalue weighted by atomic mass is 10.2. The Bertz CT molecular complexity index is 738. The van der Waals surface area contributed by atoms with Crippen molar-refractivity contribution in [2.45, 2.75) is 13.3 Å². The van der Waals surface area contributed by atoms with Gasteiger partial charge >= 0.3 is 0 Å². The van der Waals surface area contributed by atoms with Gasteiger partial charge in [0.05, 0.1) is 11.2 Å². The minimum Gasteiger partial charge on any atom is -0.454 e. The molecule has 8 heteroatoms. The van der Waals surface area contributed by atoms with E-state index >= 15 is 0 Å². The molecular formula is C12H11ClN4O2S. The van der Waals surface area contributed by atoms with Crippen LogP contribution in [0.25, 0.3) is 0 Å². The van der Waals surface area contributed by atoms with Crippen molar-refractivity contribution in [3.05, 3.63) is 33.3 Å². The van der Waals surface area contributed by atoms with Gasteiger partial charge in [-0.15, -0.1) is 0 Å². The van der Waals surface area contributed by atoms with E-state index in [4.69, 9.17) is 33.3 Å². The SMILES string of the molecule is CCc1n[nH]c(=S)n1/N=C\c1cc(Cl)c2c(c1)OCO2. The number of rotatable bonds is 3. The Morgan fingerprint density at radius 1 is 1.55 bits per heavy atom. The second kappa shape index (κ2) is 5.26. The Morgan fingerprint density at radius 3 is 3.20 bits per heavy atom. The third-order valence-corrected chi connectivity index (χ3v) is 3.35. The molecule has 0 bridgehead atoms. The molecule has 0 spiro atoms. The van der Waals surface area contributed by atoms with Crippen molar-refractivity contribution in [2.75, 3.05) is 6.79 Å². The summed E-state index contributed by atoms with van der Waals surface area (Å²) in [5.74, 6) is 1.95. The van der Waals surface area contributed by atoms with Crippen molar-refractivity contribution in [3.63, 3.8) is 0 Å². The van der Waals surface area contributed by atoms with Crippen LogP contribution in [0.4, 0.5) is 0 Å². The van der Waals surface area contributed by atoms with Gasteiger partial charge in [0, 0.05) is 6.42 Å². The van der Waals surface area contributed by atoms with E-state index in [0.29, 0.717) is 21.3 Å².